The second-order valence-electron chi connectivity index (χ2n) is 7.76. The lowest BCUT2D eigenvalue weighted by Crippen LogP contribution is -2.44. The molecule has 1 aliphatic rings. The summed E-state index contributed by atoms with van der Waals surface area (Å²) in [5.74, 6) is 0.664. The number of benzene rings is 2. The zero-order chi connectivity index (χ0) is 25.8. The lowest BCUT2D eigenvalue weighted by Gasteiger charge is -2.33. The number of rotatable bonds is 7. The molecule has 7 nitrogen and oxygen atoms in total. The molecule has 1 atom stereocenters. The molecule has 0 aliphatic carbocycles. The maximum absolute atomic E-state index is 13.1. The van der Waals surface area contributed by atoms with Crippen molar-refractivity contribution in [3.63, 3.8) is 0 Å². The molecule has 0 radical (unpaired) electrons. The number of carbonyl (C=O) groups is 2. The Hall–Kier alpha value is -3.50. The smallest absolute Gasteiger partial charge is 0.261 e. The van der Waals surface area contributed by atoms with Crippen molar-refractivity contribution < 1.29 is 19.1 Å². The van der Waals surface area contributed by atoms with E-state index >= 15 is 0 Å². The first-order valence-electron chi connectivity index (χ1n) is 11.6. The minimum Gasteiger partial charge on any atom is -0.497 e. The highest BCUT2D eigenvalue weighted by molar-refractivity contribution is 6.31. The molecule has 1 N–H and O–H groups in total. The molecular formula is C27H32ClN3O4. The van der Waals surface area contributed by atoms with E-state index in [9.17, 15) is 14.9 Å². The van der Waals surface area contributed by atoms with Gasteiger partial charge in [-0.05, 0) is 60.7 Å². The zero-order valence-corrected chi connectivity index (χ0v) is 21.4. The van der Waals surface area contributed by atoms with Crippen LogP contribution < -0.4 is 14.8 Å². The first-order valence-corrected chi connectivity index (χ1v) is 12.0. The number of methoxy groups -OCH3 is 2. The van der Waals surface area contributed by atoms with E-state index in [1.54, 1.807) is 54.5 Å². The topological polar surface area (TPSA) is 91.7 Å². The van der Waals surface area contributed by atoms with Crippen LogP contribution in [0.1, 0.15) is 42.6 Å². The Bertz CT molecular complexity index is 1080. The van der Waals surface area contributed by atoms with Crippen molar-refractivity contribution in [2.75, 3.05) is 33.9 Å². The predicted octanol–water partition coefficient (Wildman–Crippen LogP) is 4.96. The third-order valence-corrected chi connectivity index (χ3v) is 5.78. The summed E-state index contributed by atoms with van der Waals surface area (Å²) in [6.07, 6.45) is 3.24. The van der Waals surface area contributed by atoms with Crippen molar-refractivity contribution in [3.05, 3.63) is 64.2 Å². The number of ether oxygens (including phenoxy) is 2. The van der Waals surface area contributed by atoms with Gasteiger partial charge in [-0.2, -0.15) is 5.26 Å². The van der Waals surface area contributed by atoms with E-state index in [0.29, 0.717) is 41.7 Å². The molecule has 0 bridgehead atoms. The molecule has 2 amide bonds. The molecule has 8 heteroatoms. The molecule has 35 heavy (non-hydrogen) atoms. The number of halogens is 1. The summed E-state index contributed by atoms with van der Waals surface area (Å²) in [6, 6.07) is 14.0. The fraction of sp³-hybridized carbons (Fsp3) is 0.370. The predicted molar refractivity (Wildman–Crippen MR) is 138 cm³/mol. The lowest BCUT2D eigenvalue weighted by molar-refractivity contribution is -0.117. The summed E-state index contributed by atoms with van der Waals surface area (Å²) < 4.78 is 10.4. The molecule has 1 unspecified atom stereocenters. The van der Waals surface area contributed by atoms with Gasteiger partial charge in [0, 0.05) is 24.7 Å². The SMILES string of the molecule is CC.COc1ccc(/C=C(\C#N)C(=O)NCC2CCCN(C(=O)c3cc(Cl)ccc3OC)C2)cc1. The summed E-state index contributed by atoms with van der Waals surface area (Å²) in [7, 11) is 3.09. The van der Waals surface area contributed by atoms with Gasteiger partial charge in [0.05, 0.1) is 19.8 Å². The maximum atomic E-state index is 13.1. The van der Waals surface area contributed by atoms with Crippen LogP contribution >= 0.6 is 11.6 Å². The highest BCUT2D eigenvalue weighted by Crippen LogP contribution is 2.26. The summed E-state index contributed by atoms with van der Waals surface area (Å²) in [5.41, 5.74) is 1.17. The summed E-state index contributed by atoms with van der Waals surface area (Å²) in [6.45, 7) is 5.50. The van der Waals surface area contributed by atoms with Crippen molar-refractivity contribution in [2.45, 2.75) is 26.7 Å². The average molecular weight is 498 g/mol. The number of hydrogen-bond donors (Lipinski definition) is 1. The average Bonchev–Trinajstić information content (AvgIpc) is 2.91. The van der Waals surface area contributed by atoms with Crippen LogP contribution in [0.4, 0.5) is 0 Å². The Labute approximate surface area is 212 Å². The van der Waals surface area contributed by atoms with Gasteiger partial charge in [0.2, 0.25) is 0 Å². The molecule has 186 valence electrons. The van der Waals surface area contributed by atoms with Crippen molar-refractivity contribution in [1.82, 2.24) is 10.2 Å². The Morgan fingerprint density at radius 2 is 1.89 bits per heavy atom. The van der Waals surface area contributed by atoms with E-state index in [1.807, 2.05) is 19.9 Å². The molecule has 1 fully saturated rings. The molecule has 3 rings (SSSR count). The van der Waals surface area contributed by atoms with Crippen molar-refractivity contribution in [2.24, 2.45) is 5.92 Å². The van der Waals surface area contributed by atoms with Crippen LogP contribution in [0.2, 0.25) is 5.02 Å². The number of nitrogens with one attached hydrogen (secondary N) is 1. The molecule has 1 heterocycles. The van der Waals surface area contributed by atoms with E-state index in [1.165, 1.54) is 13.2 Å². The minimum absolute atomic E-state index is 0.0209. The van der Waals surface area contributed by atoms with Gasteiger partial charge >= 0.3 is 0 Å². The van der Waals surface area contributed by atoms with E-state index in [4.69, 9.17) is 21.1 Å². The van der Waals surface area contributed by atoms with Crippen molar-refractivity contribution in [3.8, 4) is 17.6 Å². The minimum atomic E-state index is -0.437. The fourth-order valence-electron chi connectivity index (χ4n) is 3.78. The van der Waals surface area contributed by atoms with E-state index in [-0.39, 0.29) is 17.4 Å². The van der Waals surface area contributed by atoms with Gasteiger partial charge in [-0.15, -0.1) is 0 Å². The van der Waals surface area contributed by atoms with E-state index in [2.05, 4.69) is 5.32 Å². The maximum Gasteiger partial charge on any atom is 0.261 e. The highest BCUT2D eigenvalue weighted by atomic mass is 35.5. The Morgan fingerprint density at radius 1 is 1.17 bits per heavy atom. The van der Waals surface area contributed by atoms with Gasteiger partial charge in [-0.3, -0.25) is 9.59 Å². The molecule has 1 aliphatic heterocycles. The number of likely N-dealkylation sites (tertiary alicyclic amines) is 1. The van der Waals surface area contributed by atoms with E-state index < -0.39 is 5.91 Å². The number of nitriles is 1. The third kappa shape index (κ3) is 7.76. The number of amides is 2. The first-order chi connectivity index (χ1) is 16.9. The van der Waals surface area contributed by atoms with Crippen LogP contribution in [0.3, 0.4) is 0 Å². The van der Waals surface area contributed by atoms with Gasteiger partial charge in [0.25, 0.3) is 11.8 Å². The Morgan fingerprint density at radius 3 is 2.51 bits per heavy atom. The number of nitrogens with zero attached hydrogens (tertiary/aromatic N) is 2. The zero-order valence-electron chi connectivity index (χ0n) is 20.6. The summed E-state index contributed by atoms with van der Waals surface area (Å²) in [4.78, 5) is 27.4. The van der Waals surface area contributed by atoms with Gasteiger partial charge in [-0.1, -0.05) is 37.6 Å². The Balaban J connectivity index is 0.00000210. The fourth-order valence-corrected chi connectivity index (χ4v) is 3.95. The van der Waals surface area contributed by atoms with Gasteiger partial charge in [0.15, 0.2) is 0 Å². The molecule has 1 saturated heterocycles. The molecule has 2 aromatic carbocycles. The monoisotopic (exact) mass is 497 g/mol. The molecule has 0 aromatic heterocycles. The Kier molecular flexibility index (Phi) is 11.1. The van der Waals surface area contributed by atoms with Gasteiger partial charge in [-0.25, -0.2) is 0 Å². The number of hydrogen-bond acceptors (Lipinski definition) is 5. The lowest BCUT2D eigenvalue weighted by atomic mass is 9.97. The number of carbonyl (C=O) groups excluding carboxylic acids is 2. The largest absolute Gasteiger partial charge is 0.497 e. The van der Waals surface area contributed by atoms with Crippen LogP contribution in [0.25, 0.3) is 6.08 Å². The van der Waals surface area contributed by atoms with Crippen LogP contribution in [-0.2, 0) is 4.79 Å². The van der Waals surface area contributed by atoms with Gasteiger partial charge < -0.3 is 19.7 Å². The quantitative estimate of drug-likeness (QED) is 0.431. The molecular weight excluding hydrogens is 466 g/mol. The van der Waals surface area contributed by atoms with E-state index in [0.717, 1.165) is 18.4 Å². The molecule has 0 spiro atoms. The highest BCUT2D eigenvalue weighted by Gasteiger charge is 2.27. The van der Waals surface area contributed by atoms with Crippen molar-refractivity contribution in [1.29, 1.82) is 5.26 Å². The van der Waals surface area contributed by atoms with Crippen LogP contribution in [0.15, 0.2) is 48.0 Å². The third-order valence-electron chi connectivity index (χ3n) is 5.54. The van der Waals surface area contributed by atoms with Crippen LogP contribution in [-0.4, -0.2) is 50.6 Å². The van der Waals surface area contributed by atoms with Gasteiger partial charge in [0.1, 0.15) is 23.1 Å². The summed E-state index contributed by atoms with van der Waals surface area (Å²) >= 11 is 6.07. The second-order valence-corrected chi connectivity index (χ2v) is 8.19. The standard InChI is InChI=1S/C25H26ClN3O4.C2H6/c1-32-21-8-5-17(6-9-21)12-19(14-27)24(30)28-15-18-4-3-11-29(16-18)25(31)22-13-20(26)7-10-23(22)33-2;1-2/h5-10,12-13,18H,3-4,11,15-16H2,1-2H3,(H,28,30);1-2H3/b19-12+;. The molecule has 2 aromatic rings. The molecule has 0 saturated carbocycles. The first kappa shape index (κ1) is 27.7. The summed E-state index contributed by atoms with van der Waals surface area (Å²) in [5, 5.41) is 12.7. The van der Waals surface area contributed by atoms with Crippen LogP contribution in [0.5, 0.6) is 11.5 Å². The number of piperidine rings is 1. The van der Waals surface area contributed by atoms with Crippen molar-refractivity contribution >= 4 is 29.5 Å². The normalized spacial score (nSPS) is 15.3. The second kappa shape index (κ2) is 14.0. The van der Waals surface area contributed by atoms with Crippen LogP contribution in [0, 0.1) is 17.2 Å².